The average Bonchev–Trinajstić information content (AvgIpc) is 2.71. The van der Waals surface area contributed by atoms with Crippen LogP contribution in [0.25, 0.3) is 0 Å². The third-order valence-electron chi connectivity index (χ3n) is 4.17. The first-order valence-electron chi connectivity index (χ1n) is 9.75. The van der Waals surface area contributed by atoms with Crippen molar-refractivity contribution in [3.05, 3.63) is 34.1 Å². The van der Waals surface area contributed by atoms with Crippen LogP contribution in [0.3, 0.4) is 0 Å². The van der Waals surface area contributed by atoms with Crippen LogP contribution in [0.2, 0.25) is 0 Å². The molecule has 0 N–H and O–H groups in total. The lowest BCUT2D eigenvalue weighted by molar-refractivity contribution is -0.385. The molecule has 1 aromatic carbocycles. The van der Waals surface area contributed by atoms with Gasteiger partial charge in [0.2, 0.25) is 11.6 Å². The zero-order valence-corrected chi connectivity index (χ0v) is 19.5. The predicted octanol–water partition coefficient (Wildman–Crippen LogP) is 3.17. The predicted molar refractivity (Wildman–Crippen MR) is 117 cm³/mol. The van der Waals surface area contributed by atoms with Gasteiger partial charge in [-0.2, -0.15) is 4.98 Å². The standard InChI is InChI=1S/C21H26N4O8/c1-12(26)13-8-14(30-6)18(15(9-13)31-7)32-20-17(25(28)29)19(22-11-23-20)24(5)10-16(27)33-21(2,3)4/h8-9,11H,10H2,1-7H3. The minimum atomic E-state index is -0.723. The van der Waals surface area contributed by atoms with Gasteiger partial charge in [-0.3, -0.25) is 19.7 Å². The zero-order chi connectivity index (χ0) is 24.9. The van der Waals surface area contributed by atoms with E-state index >= 15 is 0 Å². The number of likely N-dealkylation sites (N-methyl/N-ethyl adjacent to an activating group) is 1. The molecule has 0 unspecified atom stereocenters. The van der Waals surface area contributed by atoms with Gasteiger partial charge in [0.1, 0.15) is 18.5 Å². The second kappa shape index (κ2) is 10.1. The summed E-state index contributed by atoms with van der Waals surface area (Å²) in [6.45, 7) is 6.21. The van der Waals surface area contributed by atoms with E-state index in [-0.39, 0.29) is 35.4 Å². The number of hydrogen-bond acceptors (Lipinski definition) is 11. The Balaban J connectivity index is 2.50. The summed E-state index contributed by atoms with van der Waals surface area (Å²) >= 11 is 0. The van der Waals surface area contributed by atoms with Crippen LogP contribution in [0.5, 0.6) is 23.1 Å². The summed E-state index contributed by atoms with van der Waals surface area (Å²) in [7, 11) is 4.14. The van der Waals surface area contributed by atoms with E-state index in [0.29, 0.717) is 5.56 Å². The second-order valence-corrected chi connectivity index (χ2v) is 7.92. The van der Waals surface area contributed by atoms with Crippen molar-refractivity contribution in [1.82, 2.24) is 9.97 Å². The molecular formula is C21H26N4O8. The van der Waals surface area contributed by atoms with Gasteiger partial charge < -0.3 is 23.8 Å². The van der Waals surface area contributed by atoms with E-state index in [9.17, 15) is 19.7 Å². The lowest BCUT2D eigenvalue weighted by atomic mass is 10.1. The first kappa shape index (κ1) is 25.3. The highest BCUT2D eigenvalue weighted by Crippen LogP contribution is 2.44. The Bertz CT molecular complexity index is 1040. The van der Waals surface area contributed by atoms with E-state index in [4.69, 9.17) is 18.9 Å². The number of nitrogens with zero attached hydrogens (tertiary/aromatic N) is 4. The highest BCUT2D eigenvalue weighted by Gasteiger charge is 2.30. The number of benzene rings is 1. The molecule has 33 heavy (non-hydrogen) atoms. The molecule has 178 valence electrons. The monoisotopic (exact) mass is 462 g/mol. The number of methoxy groups -OCH3 is 2. The fourth-order valence-corrected chi connectivity index (χ4v) is 2.79. The highest BCUT2D eigenvalue weighted by molar-refractivity contribution is 5.95. The topological polar surface area (TPSA) is 143 Å². The number of rotatable bonds is 9. The van der Waals surface area contributed by atoms with Crippen molar-refractivity contribution in [1.29, 1.82) is 0 Å². The van der Waals surface area contributed by atoms with E-state index in [0.717, 1.165) is 6.33 Å². The highest BCUT2D eigenvalue weighted by atomic mass is 16.6. The fourth-order valence-electron chi connectivity index (χ4n) is 2.79. The van der Waals surface area contributed by atoms with Gasteiger partial charge in [0, 0.05) is 12.6 Å². The molecule has 0 aliphatic rings. The van der Waals surface area contributed by atoms with E-state index < -0.39 is 28.1 Å². The minimum absolute atomic E-state index is 0.0208. The third kappa shape index (κ3) is 6.28. The second-order valence-electron chi connectivity index (χ2n) is 7.92. The zero-order valence-electron chi connectivity index (χ0n) is 19.5. The molecule has 0 atom stereocenters. The molecule has 12 heteroatoms. The lowest BCUT2D eigenvalue weighted by Crippen LogP contribution is -2.33. The van der Waals surface area contributed by atoms with Crippen LogP contribution in [0.4, 0.5) is 11.5 Å². The molecule has 2 aromatic rings. The van der Waals surface area contributed by atoms with Crippen LogP contribution < -0.4 is 19.1 Å². The minimum Gasteiger partial charge on any atom is -0.493 e. The van der Waals surface area contributed by atoms with Crippen LogP contribution in [-0.2, 0) is 9.53 Å². The molecule has 0 aliphatic heterocycles. The molecule has 2 rings (SSSR count). The molecular weight excluding hydrogens is 436 g/mol. The maximum atomic E-state index is 12.2. The summed E-state index contributed by atoms with van der Waals surface area (Å²) in [6, 6.07) is 2.84. The summed E-state index contributed by atoms with van der Waals surface area (Å²) in [4.78, 5) is 44.2. The van der Waals surface area contributed by atoms with Crippen LogP contribution in [0.15, 0.2) is 18.5 Å². The van der Waals surface area contributed by atoms with Crippen molar-refractivity contribution in [2.45, 2.75) is 33.3 Å². The number of Topliss-reactive ketones (excluding diaryl/α,β-unsaturated/α-hetero) is 1. The number of anilines is 1. The van der Waals surface area contributed by atoms with E-state index in [1.54, 1.807) is 20.8 Å². The summed E-state index contributed by atoms with van der Waals surface area (Å²) < 4.78 is 21.6. The fraction of sp³-hybridized carbons (Fsp3) is 0.429. The van der Waals surface area contributed by atoms with Crippen molar-refractivity contribution in [3.8, 4) is 23.1 Å². The third-order valence-corrected chi connectivity index (χ3v) is 4.17. The van der Waals surface area contributed by atoms with Gasteiger partial charge in [-0.1, -0.05) is 0 Å². The van der Waals surface area contributed by atoms with Gasteiger partial charge in [-0.05, 0) is 39.8 Å². The number of ether oxygens (including phenoxy) is 4. The first-order valence-corrected chi connectivity index (χ1v) is 9.75. The number of hydrogen-bond donors (Lipinski definition) is 0. The van der Waals surface area contributed by atoms with Gasteiger partial charge in [-0.15, -0.1) is 0 Å². The van der Waals surface area contributed by atoms with Crippen molar-refractivity contribution < 1.29 is 33.5 Å². The lowest BCUT2D eigenvalue weighted by Gasteiger charge is -2.23. The Morgan fingerprint density at radius 2 is 1.70 bits per heavy atom. The van der Waals surface area contributed by atoms with Crippen molar-refractivity contribution >= 4 is 23.3 Å². The molecule has 0 saturated carbocycles. The largest absolute Gasteiger partial charge is 0.493 e. The Morgan fingerprint density at radius 1 is 1.12 bits per heavy atom. The van der Waals surface area contributed by atoms with Gasteiger partial charge in [0.25, 0.3) is 0 Å². The van der Waals surface area contributed by atoms with E-state index in [1.165, 1.54) is 45.2 Å². The number of nitro groups is 1. The van der Waals surface area contributed by atoms with Gasteiger partial charge in [-0.25, -0.2) is 4.98 Å². The molecule has 0 bridgehead atoms. The average molecular weight is 462 g/mol. The van der Waals surface area contributed by atoms with Crippen molar-refractivity contribution in [2.24, 2.45) is 0 Å². The van der Waals surface area contributed by atoms with Crippen molar-refractivity contribution in [2.75, 3.05) is 32.7 Å². The number of ketones is 1. The van der Waals surface area contributed by atoms with Crippen LogP contribution in [0.1, 0.15) is 38.1 Å². The van der Waals surface area contributed by atoms with Crippen molar-refractivity contribution in [3.63, 3.8) is 0 Å². The summed E-state index contributed by atoms with van der Waals surface area (Å²) in [5, 5.41) is 11.9. The molecule has 0 amide bonds. The van der Waals surface area contributed by atoms with Crippen LogP contribution in [0, 0.1) is 10.1 Å². The van der Waals surface area contributed by atoms with Crippen LogP contribution >= 0.6 is 0 Å². The van der Waals surface area contributed by atoms with Gasteiger partial charge in [0.05, 0.1) is 19.1 Å². The van der Waals surface area contributed by atoms with Gasteiger partial charge in [0.15, 0.2) is 17.3 Å². The molecule has 0 aliphatic carbocycles. The quantitative estimate of drug-likeness (QED) is 0.234. The summed E-state index contributed by atoms with van der Waals surface area (Å²) in [5.74, 6) is -1.21. The number of carbonyl (C=O) groups excluding carboxylic acids is 2. The molecule has 0 saturated heterocycles. The van der Waals surface area contributed by atoms with Crippen LogP contribution in [-0.4, -0.2) is 60.1 Å². The molecule has 0 spiro atoms. The maximum absolute atomic E-state index is 12.2. The van der Waals surface area contributed by atoms with E-state index in [1.807, 2.05) is 0 Å². The number of esters is 1. The Labute approximate surface area is 190 Å². The molecule has 0 radical (unpaired) electrons. The smallest absolute Gasteiger partial charge is 0.373 e. The summed E-state index contributed by atoms with van der Waals surface area (Å²) in [6.07, 6.45) is 1.06. The Kier molecular flexibility index (Phi) is 7.75. The maximum Gasteiger partial charge on any atom is 0.373 e. The molecule has 1 heterocycles. The number of carbonyl (C=O) groups is 2. The summed E-state index contributed by atoms with van der Waals surface area (Å²) in [5.41, 5.74) is -1.00. The first-order chi connectivity index (χ1) is 15.4. The molecule has 12 nitrogen and oxygen atoms in total. The molecule has 1 aromatic heterocycles. The SMILES string of the molecule is COc1cc(C(C)=O)cc(OC)c1Oc1ncnc(N(C)CC(=O)OC(C)(C)C)c1[N+](=O)[O-]. The normalized spacial score (nSPS) is 10.9. The van der Waals surface area contributed by atoms with E-state index in [2.05, 4.69) is 9.97 Å². The van der Waals surface area contributed by atoms with Gasteiger partial charge >= 0.3 is 17.5 Å². The molecule has 0 fully saturated rings. The Morgan fingerprint density at radius 3 is 2.15 bits per heavy atom. The number of aromatic nitrogens is 2. The Hall–Kier alpha value is -3.96.